The van der Waals surface area contributed by atoms with Crippen molar-refractivity contribution in [3.63, 3.8) is 0 Å². The van der Waals surface area contributed by atoms with Crippen LogP contribution in [-0.2, 0) is 29.8 Å². The van der Waals surface area contributed by atoms with Crippen molar-refractivity contribution in [3.05, 3.63) is 218 Å². The maximum absolute atomic E-state index is 11.8. The molecule has 9 rings (SSSR count). The van der Waals surface area contributed by atoms with Crippen LogP contribution in [0.15, 0.2) is 218 Å². The van der Waals surface area contributed by atoms with Crippen LogP contribution >= 0.6 is 0 Å². The third-order valence-electron chi connectivity index (χ3n) is 11.4. The molecule has 398 valence electrons. The van der Waals surface area contributed by atoms with Gasteiger partial charge in [0, 0.05) is 96.0 Å². The van der Waals surface area contributed by atoms with Crippen molar-refractivity contribution >= 4 is 43.4 Å². The minimum Gasteiger partial charge on any atom is -0.741 e. The van der Waals surface area contributed by atoms with Gasteiger partial charge >= 0.3 is 11.0 Å². The largest absolute Gasteiger partial charge is 0.741 e. The number of aromatic nitrogens is 2. The van der Waals surface area contributed by atoms with Gasteiger partial charge in [-0.05, 0) is 95.1 Å². The standard InChI is InChI=1S/C56H42N4O2.2CHF3O3S/c1-39(61)57-49-27-31-51(32-28-49)59-53(43-15-7-3-8-16-43)35-47(36-54(59)44-17-9-4-10-18-44)41-23-25-42(26-24-41)48-37-55(45-19-11-5-12-20-45)60(56(38-48)46-21-13-6-14-22-46)52-33-29-50(30-34-52)58-40(2)62;2*2-1(3,4)8(5,6)7/h3-38H,1-2H3;2*(H,5,6,7). The molecule has 0 spiro atoms. The van der Waals surface area contributed by atoms with E-state index in [1.807, 2.05) is 48.5 Å². The predicted octanol–water partition coefficient (Wildman–Crippen LogP) is 12.3. The average molecular weight is 1100 g/mol. The Hall–Kier alpha value is -8.82. The van der Waals surface area contributed by atoms with Crippen LogP contribution < -0.4 is 19.8 Å². The number of anilines is 2. The number of benzene rings is 7. The van der Waals surface area contributed by atoms with Gasteiger partial charge in [-0.3, -0.25) is 9.59 Å². The Labute approximate surface area is 445 Å². The second-order valence-electron chi connectivity index (χ2n) is 17.0. The van der Waals surface area contributed by atoms with E-state index in [2.05, 4.69) is 190 Å². The molecule has 0 bridgehead atoms. The molecule has 2 heterocycles. The van der Waals surface area contributed by atoms with E-state index in [1.54, 1.807) is 0 Å². The molecule has 7 aromatic carbocycles. The summed E-state index contributed by atoms with van der Waals surface area (Å²) in [5.41, 5.74) is 5.00. The number of nitrogens with one attached hydrogen (secondary N) is 2. The van der Waals surface area contributed by atoms with E-state index in [0.717, 1.165) is 90.0 Å². The third-order valence-corrected chi connectivity index (χ3v) is 12.6. The summed E-state index contributed by atoms with van der Waals surface area (Å²) in [6, 6.07) is 75.8. The summed E-state index contributed by atoms with van der Waals surface area (Å²) in [6.45, 7) is 3.04. The number of carbonyl (C=O) groups excluding carboxylic acids is 2. The monoisotopic (exact) mass is 1100 g/mol. The van der Waals surface area contributed by atoms with Crippen molar-refractivity contribution in [1.82, 2.24) is 0 Å². The van der Waals surface area contributed by atoms with Gasteiger partial charge in [0.1, 0.15) is 0 Å². The summed E-state index contributed by atoms with van der Waals surface area (Å²) in [5.74, 6) is -0.210. The molecule has 0 atom stereocenters. The second kappa shape index (κ2) is 24.0. The Kier molecular flexibility index (Phi) is 17.5. The maximum atomic E-state index is 11.8. The summed E-state index contributed by atoms with van der Waals surface area (Å²) in [6.07, 6.45) is 0. The molecule has 0 aliphatic rings. The highest BCUT2D eigenvalue weighted by Gasteiger charge is 2.37. The normalized spacial score (nSPS) is 11.5. The van der Waals surface area contributed by atoms with Gasteiger partial charge in [-0.25, -0.2) is 16.8 Å². The van der Waals surface area contributed by atoms with Gasteiger partial charge < -0.3 is 19.7 Å². The fourth-order valence-corrected chi connectivity index (χ4v) is 8.01. The molecular weight excluding hydrogens is 1060 g/mol. The minimum absolute atomic E-state index is 0.105. The molecule has 0 saturated carbocycles. The lowest BCUT2D eigenvalue weighted by molar-refractivity contribution is -0.572. The number of rotatable bonds is 10. The molecule has 78 heavy (non-hydrogen) atoms. The molecule has 0 radical (unpaired) electrons. The van der Waals surface area contributed by atoms with Gasteiger partial charge in [-0.15, -0.1) is 0 Å². The summed E-state index contributed by atoms with van der Waals surface area (Å²) in [5, 5.41) is 5.80. The Morgan fingerprint density at radius 3 is 0.769 bits per heavy atom. The van der Waals surface area contributed by atoms with Gasteiger partial charge in [0.05, 0.1) is 0 Å². The number of halogens is 6. The fourth-order valence-electron chi connectivity index (χ4n) is 8.01. The Bertz CT molecular complexity index is 3410. The SMILES string of the molecule is CC(=O)Nc1ccc(-[n+]2c(-c3ccccc3)cc(-c3ccc(-c4cc(-c5ccccc5)[n+](-c5ccc(NC(C)=O)cc5)c(-c5ccccc5)c4)cc3)cc2-c2ccccc2)cc1.O=S(=O)([O-])C(F)(F)F.O=S(=O)([O-])C(F)(F)F. The second-order valence-corrected chi connectivity index (χ2v) is 19.7. The highest BCUT2D eigenvalue weighted by atomic mass is 32.2. The number of pyridine rings is 2. The number of alkyl halides is 6. The van der Waals surface area contributed by atoms with Gasteiger partial charge in [0.25, 0.3) is 0 Å². The smallest absolute Gasteiger partial charge is 0.485 e. The van der Waals surface area contributed by atoms with Gasteiger partial charge in [-0.1, -0.05) is 97.1 Å². The Morgan fingerprint density at radius 2 is 0.577 bits per heavy atom. The first kappa shape index (κ1) is 56.9. The maximum Gasteiger partial charge on any atom is 0.485 e. The molecule has 0 unspecified atom stereocenters. The Balaban J connectivity index is 0.000000480. The third kappa shape index (κ3) is 14.4. The molecule has 0 saturated heterocycles. The number of nitrogens with zero attached hydrogens (tertiary/aromatic N) is 2. The topological polar surface area (TPSA) is 180 Å². The Morgan fingerprint density at radius 1 is 0.359 bits per heavy atom. The highest BCUT2D eigenvalue weighted by Crippen LogP contribution is 2.35. The lowest BCUT2D eigenvalue weighted by atomic mass is 9.95. The van der Waals surface area contributed by atoms with Crippen molar-refractivity contribution in [2.24, 2.45) is 0 Å². The van der Waals surface area contributed by atoms with E-state index < -0.39 is 31.3 Å². The van der Waals surface area contributed by atoms with E-state index in [1.165, 1.54) is 13.8 Å². The first-order valence-electron chi connectivity index (χ1n) is 23.2. The van der Waals surface area contributed by atoms with Gasteiger partial charge in [-0.2, -0.15) is 35.5 Å². The van der Waals surface area contributed by atoms with Crippen molar-refractivity contribution in [3.8, 4) is 78.7 Å². The van der Waals surface area contributed by atoms with E-state index in [0.29, 0.717) is 0 Å². The number of amides is 2. The van der Waals surface area contributed by atoms with Crippen LogP contribution in [0.4, 0.5) is 37.7 Å². The minimum atomic E-state index is -6.09. The number of carbonyl (C=O) groups is 2. The number of hydrogen-bond donors (Lipinski definition) is 2. The van der Waals surface area contributed by atoms with Crippen molar-refractivity contribution < 1.29 is 71.0 Å². The van der Waals surface area contributed by atoms with Crippen LogP contribution in [-0.4, -0.2) is 48.8 Å². The van der Waals surface area contributed by atoms with E-state index in [4.69, 9.17) is 25.9 Å². The first-order chi connectivity index (χ1) is 36.9. The van der Waals surface area contributed by atoms with E-state index in [-0.39, 0.29) is 11.8 Å². The average Bonchev–Trinajstić information content (AvgIpc) is 3.49. The van der Waals surface area contributed by atoms with Crippen LogP contribution in [0.1, 0.15) is 13.8 Å². The predicted molar refractivity (Wildman–Crippen MR) is 282 cm³/mol. The van der Waals surface area contributed by atoms with E-state index >= 15 is 0 Å². The molecular formula is C58H44F6N4O8S2. The zero-order valence-corrected chi connectivity index (χ0v) is 42.7. The van der Waals surface area contributed by atoms with Gasteiger partial charge in [0.2, 0.25) is 46.0 Å². The lowest BCUT2D eigenvalue weighted by Gasteiger charge is -2.14. The summed E-state index contributed by atoms with van der Waals surface area (Å²) in [7, 11) is -12.2. The van der Waals surface area contributed by atoms with Crippen molar-refractivity contribution in [1.29, 1.82) is 0 Å². The highest BCUT2D eigenvalue weighted by molar-refractivity contribution is 7.86. The lowest BCUT2D eigenvalue weighted by Crippen LogP contribution is -2.36. The first-order valence-corrected chi connectivity index (χ1v) is 26.0. The van der Waals surface area contributed by atoms with Crippen molar-refractivity contribution in [2.45, 2.75) is 24.9 Å². The molecule has 0 aliphatic heterocycles. The summed E-state index contributed by atoms with van der Waals surface area (Å²) >= 11 is 0. The summed E-state index contributed by atoms with van der Waals surface area (Å²) in [4.78, 5) is 23.7. The molecule has 2 aromatic heterocycles. The zero-order chi connectivity index (χ0) is 56.4. The molecule has 2 N–H and O–H groups in total. The fraction of sp³-hybridized carbons (Fsp3) is 0.0690. The van der Waals surface area contributed by atoms with Crippen LogP contribution in [0.3, 0.4) is 0 Å². The van der Waals surface area contributed by atoms with Crippen LogP contribution in [0.2, 0.25) is 0 Å². The molecule has 12 nitrogen and oxygen atoms in total. The molecule has 0 aliphatic carbocycles. The quantitative estimate of drug-likeness (QED) is 0.0587. The summed E-state index contributed by atoms with van der Waals surface area (Å²) < 4.78 is 122. The molecule has 20 heteroatoms. The van der Waals surface area contributed by atoms with E-state index in [9.17, 15) is 35.9 Å². The van der Waals surface area contributed by atoms with Gasteiger partial charge in [0.15, 0.2) is 20.2 Å². The van der Waals surface area contributed by atoms with Crippen LogP contribution in [0.5, 0.6) is 0 Å². The number of hydrogen-bond acceptors (Lipinski definition) is 8. The molecule has 0 fully saturated rings. The van der Waals surface area contributed by atoms with Crippen LogP contribution in [0, 0.1) is 0 Å². The van der Waals surface area contributed by atoms with Crippen molar-refractivity contribution in [2.75, 3.05) is 10.6 Å². The zero-order valence-electron chi connectivity index (χ0n) is 41.0. The van der Waals surface area contributed by atoms with Crippen LogP contribution in [0.25, 0.3) is 78.7 Å². The molecule has 2 amide bonds. The molecule has 9 aromatic rings.